The van der Waals surface area contributed by atoms with E-state index in [0.29, 0.717) is 19.3 Å². The van der Waals surface area contributed by atoms with Gasteiger partial charge in [0.2, 0.25) is 5.91 Å². The number of carbonyl (C=O) groups excluding carboxylic acids is 3. The Kier molecular flexibility index (Phi) is 16.2. The predicted octanol–water partition coefficient (Wildman–Crippen LogP) is 1.96. The minimum Gasteiger partial charge on any atom is -0.445 e. The van der Waals surface area contributed by atoms with E-state index in [1.807, 2.05) is 51.2 Å². The van der Waals surface area contributed by atoms with Gasteiger partial charge in [-0.3, -0.25) is 4.79 Å². The SMILES string of the molecule is C#C.CC.CNC1CC1.O=CC(O)CNC(=O)[C@H]1CCN(C(=O)OCc2ccccc2)C1. The molecule has 1 aliphatic carbocycles. The molecule has 1 unspecified atom stereocenters. The van der Waals surface area contributed by atoms with Crippen LogP contribution in [-0.4, -0.2) is 67.1 Å². The molecule has 178 valence electrons. The van der Waals surface area contributed by atoms with Gasteiger partial charge in [0.15, 0.2) is 0 Å². The monoisotopic (exact) mass is 447 g/mol. The summed E-state index contributed by atoms with van der Waals surface area (Å²) < 4.78 is 5.22. The van der Waals surface area contributed by atoms with Gasteiger partial charge in [-0.25, -0.2) is 4.79 Å². The van der Waals surface area contributed by atoms with Crippen molar-refractivity contribution >= 4 is 18.3 Å². The van der Waals surface area contributed by atoms with Gasteiger partial charge in [-0.2, -0.15) is 0 Å². The van der Waals surface area contributed by atoms with Crippen molar-refractivity contribution < 1.29 is 24.2 Å². The summed E-state index contributed by atoms with van der Waals surface area (Å²) in [5.74, 6) is -0.623. The van der Waals surface area contributed by atoms with Gasteiger partial charge in [0.05, 0.1) is 12.5 Å². The highest BCUT2D eigenvalue weighted by atomic mass is 16.6. The van der Waals surface area contributed by atoms with E-state index in [2.05, 4.69) is 23.5 Å². The van der Waals surface area contributed by atoms with E-state index in [4.69, 9.17) is 9.84 Å². The minimum absolute atomic E-state index is 0.114. The van der Waals surface area contributed by atoms with E-state index >= 15 is 0 Å². The van der Waals surface area contributed by atoms with Crippen molar-refractivity contribution in [1.82, 2.24) is 15.5 Å². The van der Waals surface area contributed by atoms with Crippen molar-refractivity contribution in [3.63, 3.8) is 0 Å². The molecule has 1 aliphatic heterocycles. The highest BCUT2D eigenvalue weighted by molar-refractivity contribution is 5.80. The molecule has 1 saturated carbocycles. The summed E-state index contributed by atoms with van der Waals surface area (Å²) in [6.07, 6.45) is 10.0. The maximum absolute atomic E-state index is 12.0. The highest BCUT2D eigenvalue weighted by Crippen LogP contribution is 2.18. The zero-order chi connectivity index (χ0) is 24.4. The normalized spacial score (nSPS) is 17.1. The Bertz CT molecular complexity index is 677. The maximum Gasteiger partial charge on any atom is 0.410 e. The molecule has 2 fully saturated rings. The molecule has 1 heterocycles. The molecule has 0 radical (unpaired) electrons. The van der Waals surface area contributed by atoms with E-state index in [-0.39, 0.29) is 31.5 Å². The third-order valence-corrected chi connectivity index (χ3v) is 4.65. The van der Waals surface area contributed by atoms with Gasteiger partial charge in [-0.15, -0.1) is 12.8 Å². The van der Waals surface area contributed by atoms with Crippen molar-refractivity contribution in [3.8, 4) is 12.8 Å². The van der Waals surface area contributed by atoms with Crippen LogP contribution < -0.4 is 10.6 Å². The maximum atomic E-state index is 12.0. The fourth-order valence-corrected chi connectivity index (χ4v) is 2.72. The smallest absolute Gasteiger partial charge is 0.410 e. The number of likely N-dealkylation sites (tertiary alicyclic amines) is 1. The van der Waals surface area contributed by atoms with E-state index < -0.39 is 12.2 Å². The lowest BCUT2D eigenvalue weighted by atomic mass is 10.1. The van der Waals surface area contributed by atoms with Crippen LogP contribution in [0.25, 0.3) is 0 Å². The van der Waals surface area contributed by atoms with E-state index in [1.165, 1.54) is 17.7 Å². The summed E-state index contributed by atoms with van der Waals surface area (Å²) >= 11 is 0. The molecule has 1 aromatic carbocycles. The van der Waals surface area contributed by atoms with Crippen LogP contribution in [0.4, 0.5) is 4.79 Å². The second kappa shape index (κ2) is 17.8. The average molecular weight is 448 g/mol. The molecule has 2 amide bonds. The molecule has 1 saturated heterocycles. The summed E-state index contributed by atoms with van der Waals surface area (Å²) in [5.41, 5.74) is 0.900. The second-order valence-electron chi connectivity index (χ2n) is 6.98. The van der Waals surface area contributed by atoms with Gasteiger partial charge in [-0.1, -0.05) is 44.2 Å². The molecule has 0 bridgehead atoms. The molecule has 3 N–H and O–H groups in total. The van der Waals surface area contributed by atoms with Gasteiger partial charge < -0.3 is 30.2 Å². The summed E-state index contributed by atoms with van der Waals surface area (Å²) in [7, 11) is 2.01. The number of nitrogens with zero attached hydrogens (tertiary/aromatic N) is 1. The summed E-state index contributed by atoms with van der Waals surface area (Å²) in [6.45, 7) is 4.80. The van der Waals surface area contributed by atoms with Crippen LogP contribution in [0.3, 0.4) is 0 Å². The molecular weight excluding hydrogens is 410 g/mol. The molecule has 0 spiro atoms. The largest absolute Gasteiger partial charge is 0.445 e. The summed E-state index contributed by atoms with van der Waals surface area (Å²) in [5, 5.41) is 14.7. The molecular formula is C24H37N3O5. The van der Waals surface area contributed by atoms with Crippen molar-refractivity contribution in [1.29, 1.82) is 0 Å². The quantitative estimate of drug-likeness (QED) is 0.436. The topological polar surface area (TPSA) is 108 Å². The minimum atomic E-state index is -1.20. The number of aliphatic hydroxyl groups excluding tert-OH is 1. The Morgan fingerprint density at radius 1 is 1.22 bits per heavy atom. The van der Waals surface area contributed by atoms with Gasteiger partial charge >= 0.3 is 6.09 Å². The third-order valence-electron chi connectivity index (χ3n) is 4.65. The Hall–Kier alpha value is -2.89. The average Bonchev–Trinajstić information content (AvgIpc) is 3.58. The molecule has 0 aromatic heterocycles. The Labute approximate surface area is 191 Å². The lowest BCUT2D eigenvalue weighted by molar-refractivity contribution is -0.125. The van der Waals surface area contributed by atoms with Gasteiger partial charge in [-0.05, 0) is 31.9 Å². The first-order valence-electron chi connectivity index (χ1n) is 10.9. The second-order valence-corrected chi connectivity index (χ2v) is 6.98. The number of nitrogens with one attached hydrogen (secondary N) is 2. The molecule has 2 aliphatic rings. The van der Waals surface area contributed by atoms with Crippen LogP contribution in [0.5, 0.6) is 0 Å². The van der Waals surface area contributed by atoms with Crippen molar-refractivity contribution in [3.05, 3.63) is 35.9 Å². The van der Waals surface area contributed by atoms with Crippen LogP contribution in [0.1, 0.15) is 38.7 Å². The van der Waals surface area contributed by atoms with Crippen LogP contribution in [0, 0.1) is 18.8 Å². The van der Waals surface area contributed by atoms with Crippen LogP contribution in [0.15, 0.2) is 30.3 Å². The van der Waals surface area contributed by atoms with Crippen molar-refractivity contribution in [2.24, 2.45) is 5.92 Å². The molecule has 3 rings (SSSR count). The molecule has 32 heavy (non-hydrogen) atoms. The number of hydrogen-bond acceptors (Lipinski definition) is 6. The molecule has 8 nitrogen and oxygen atoms in total. The summed E-state index contributed by atoms with van der Waals surface area (Å²) in [6, 6.07) is 10.2. The zero-order valence-corrected chi connectivity index (χ0v) is 19.3. The predicted molar refractivity (Wildman–Crippen MR) is 125 cm³/mol. The molecule has 2 atom stereocenters. The zero-order valence-electron chi connectivity index (χ0n) is 19.3. The number of aldehydes is 1. The molecule has 8 heteroatoms. The number of rotatable bonds is 7. The Morgan fingerprint density at radius 3 is 2.34 bits per heavy atom. The number of terminal acetylenes is 1. The number of ether oxygens (including phenoxy) is 1. The van der Waals surface area contributed by atoms with Crippen LogP contribution in [0.2, 0.25) is 0 Å². The van der Waals surface area contributed by atoms with Gasteiger partial charge in [0, 0.05) is 19.1 Å². The number of hydrogen-bond donors (Lipinski definition) is 3. The van der Waals surface area contributed by atoms with E-state index in [0.717, 1.165) is 11.6 Å². The van der Waals surface area contributed by atoms with Crippen LogP contribution >= 0.6 is 0 Å². The Balaban J connectivity index is 0.000000905. The number of amides is 2. The third kappa shape index (κ3) is 12.1. The Morgan fingerprint density at radius 2 is 1.84 bits per heavy atom. The van der Waals surface area contributed by atoms with E-state index in [9.17, 15) is 14.4 Å². The first-order chi connectivity index (χ1) is 15.5. The lowest BCUT2D eigenvalue weighted by Gasteiger charge is -2.16. The summed E-state index contributed by atoms with van der Waals surface area (Å²) in [4.78, 5) is 35.7. The fraction of sp³-hybridized carbons (Fsp3) is 0.542. The number of carbonyl (C=O) groups is 3. The first kappa shape index (κ1) is 29.1. The van der Waals surface area contributed by atoms with Gasteiger partial charge in [0.1, 0.15) is 19.0 Å². The van der Waals surface area contributed by atoms with Crippen molar-refractivity contribution in [2.45, 2.75) is 51.9 Å². The lowest BCUT2D eigenvalue weighted by Crippen LogP contribution is -2.38. The fourth-order valence-electron chi connectivity index (χ4n) is 2.72. The van der Waals surface area contributed by atoms with E-state index in [1.54, 1.807) is 0 Å². The van der Waals surface area contributed by atoms with Crippen molar-refractivity contribution in [2.75, 3.05) is 26.7 Å². The number of benzene rings is 1. The molecule has 1 aromatic rings. The van der Waals surface area contributed by atoms with Gasteiger partial charge in [0.25, 0.3) is 0 Å². The number of aliphatic hydroxyl groups is 1. The first-order valence-corrected chi connectivity index (χ1v) is 10.9. The standard InChI is InChI=1S/C16H20N2O5.C4H9N.C2H6.C2H2/c19-10-14(20)8-17-15(21)13-6-7-18(9-13)16(22)23-11-12-4-2-1-3-5-12;1-5-4-2-3-4;2*1-2/h1-5,10,13-14,20H,6-9,11H2,(H,17,21);4-5H,2-3H2,1H3;1-2H3;1-2H/t13-,14?;;;/m0.../s1. The highest BCUT2D eigenvalue weighted by Gasteiger charge is 2.31. The van der Waals surface area contributed by atoms with Crippen LogP contribution in [-0.2, 0) is 20.9 Å².